The molecule has 4 nitrogen and oxygen atoms in total. The molecule has 4 heteroatoms. The molecule has 29 heavy (non-hydrogen) atoms. The van der Waals surface area contributed by atoms with Gasteiger partial charge in [0.2, 0.25) is 0 Å². The van der Waals surface area contributed by atoms with Crippen LogP contribution in [-0.4, -0.2) is 35.5 Å². The van der Waals surface area contributed by atoms with Crippen molar-refractivity contribution in [1.82, 2.24) is 10.2 Å². The van der Waals surface area contributed by atoms with E-state index in [4.69, 9.17) is 4.74 Å². The summed E-state index contributed by atoms with van der Waals surface area (Å²) in [6, 6.07) is 14.7. The Hall–Kier alpha value is -2.33. The van der Waals surface area contributed by atoms with Gasteiger partial charge in [0, 0.05) is 36.7 Å². The number of rotatable bonds is 3. The molecule has 2 aromatic rings. The van der Waals surface area contributed by atoms with Crippen molar-refractivity contribution in [3.05, 3.63) is 64.7 Å². The number of piperidine rings is 1. The molecule has 2 aromatic carbocycles. The number of fused-ring (bicyclic) bond motifs is 1. The Kier molecular flexibility index (Phi) is 5.39. The van der Waals surface area contributed by atoms with E-state index in [1.165, 1.54) is 0 Å². The van der Waals surface area contributed by atoms with Crippen LogP contribution in [0.3, 0.4) is 0 Å². The van der Waals surface area contributed by atoms with Gasteiger partial charge >= 0.3 is 0 Å². The summed E-state index contributed by atoms with van der Waals surface area (Å²) in [4.78, 5) is 15.6. The number of carbonyl (C=O) groups excluding carboxylic acids is 1. The van der Waals surface area contributed by atoms with Gasteiger partial charge in [-0.15, -0.1) is 0 Å². The lowest BCUT2D eigenvalue weighted by Crippen LogP contribution is -2.53. The van der Waals surface area contributed by atoms with Gasteiger partial charge in [-0.25, -0.2) is 0 Å². The summed E-state index contributed by atoms with van der Waals surface area (Å²) >= 11 is 0. The molecule has 0 unspecified atom stereocenters. The van der Waals surface area contributed by atoms with Crippen molar-refractivity contribution in [2.45, 2.75) is 64.6 Å². The van der Waals surface area contributed by atoms with Crippen LogP contribution in [-0.2, 0) is 0 Å². The Morgan fingerprint density at radius 2 is 1.76 bits per heavy atom. The van der Waals surface area contributed by atoms with Crippen LogP contribution >= 0.6 is 0 Å². The van der Waals surface area contributed by atoms with Gasteiger partial charge in [-0.1, -0.05) is 35.4 Å². The lowest BCUT2D eigenvalue weighted by atomic mass is 9.80. The number of carbonyl (C=O) groups is 1. The molecule has 1 fully saturated rings. The van der Waals surface area contributed by atoms with Crippen LogP contribution in [0.2, 0.25) is 0 Å². The number of likely N-dealkylation sites (tertiary alicyclic amines) is 1. The van der Waals surface area contributed by atoms with Gasteiger partial charge < -0.3 is 15.0 Å². The lowest BCUT2D eigenvalue weighted by Gasteiger charge is -2.47. The summed E-state index contributed by atoms with van der Waals surface area (Å²) in [6.45, 7) is 10.6. The van der Waals surface area contributed by atoms with Crippen molar-refractivity contribution >= 4 is 5.91 Å². The minimum Gasteiger partial charge on any atom is -0.487 e. The maximum absolute atomic E-state index is 13.1. The van der Waals surface area contributed by atoms with Gasteiger partial charge in [-0.05, 0) is 58.7 Å². The molecule has 1 amide bonds. The van der Waals surface area contributed by atoms with Crippen molar-refractivity contribution in [3.8, 4) is 5.75 Å². The molecule has 2 heterocycles. The minimum absolute atomic E-state index is 0.00623. The standard InChI is InChI=1S/C25H32N2O2/c1-17(2)27-11-9-25(10-12-27)16-22(21-7-5-6-8-23(21)29-25)26-24(28)20-14-18(3)13-19(4)15-20/h5-8,13-15,17,22H,9-12,16H2,1-4H3,(H,26,28)/t22-/m0/s1. The van der Waals surface area contributed by atoms with Crippen LogP contribution in [0.4, 0.5) is 0 Å². The molecular formula is C25H32N2O2. The zero-order valence-corrected chi connectivity index (χ0v) is 18.0. The number of hydrogen-bond acceptors (Lipinski definition) is 3. The monoisotopic (exact) mass is 392 g/mol. The van der Waals surface area contributed by atoms with E-state index in [0.29, 0.717) is 6.04 Å². The van der Waals surface area contributed by atoms with E-state index in [0.717, 1.165) is 60.4 Å². The van der Waals surface area contributed by atoms with Crippen molar-refractivity contribution in [3.63, 3.8) is 0 Å². The number of aryl methyl sites for hydroxylation is 2. The summed E-state index contributed by atoms with van der Waals surface area (Å²) in [7, 11) is 0. The molecule has 0 saturated carbocycles. The molecular weight excluding hydrogens is 360 g/mol. The lowest BCUT2D eigenvalue weighted by molar-refractivity contribution is -0.0306. The zero-order valence-electron chi connectivity index (χ0n) is 18.0. The van der Waals surface area contributed by atoms with Crippen molar-refractivity contribution in [2.24, 2.45) is 0 Å². The second-order valence-corrected chi connectivity index (χ2v) is 9.06. The normalized spacial score (nSPS) is 20.9. The third-order valence-corrected chi connectivity index (χ3v) is 6.43. The molecule has 0 bridgehead atoms. The van der Waals surface area contributed by atoms with Crippen molar-refractivity contribution in [2.75, 3.05) is 13.1 Å². The van der Waals surface area contributed by atoms with Crippen LogP contribution in [0.15, 0.2) is 42.5 Å². The summed E-state index contributed by atoms with van der Waals surface area (Å²) < 4.78 is 6.57. The Balaban J connectivity index is 1.58. The van der Waals surface area contributed by atoms with Crippen LogP contribution in [0, 0.1) is 13.8 Å². The summed E-state index contributed by atoms with van der Waals surface area (Å²) in [5.74, 6) is 0.913. The molecule has 1 spiro atoms. The fourth-order valence-corrected chi connectivity index (χ4v) is 4.85. The van der Waals surface area contributed by atoms with Crippen LogP contribution in [0.1, 0.15) is 66.2 Å². The highest BCUT2D eigenvalue weighted by Crippen LogP contribution is 2.44. The second kappa shape index (κ2) is 7.83. The Morgan fingerprint density at radius 3 is 2.41 bits per heavy atom. The SMILES string of the molecule is Cc1cc(C)cc(C(=O)N[C@H]2CC3(CCN(C(C)C)CC3)Oc3ccccc32)c1. The summed E-state index contributed by atoms with van der Waals surface area (Å²) in [6.07, 6.45) is 2.82. The van der Waals surface area contributed by atoms with Gasteiger partial charge in [0.15, 0.2) is 0 Å². The highest BCUT2D eigenvalue weighted by molar-refractivity contribution is 5.95. The Bertz CT molecular complexity index is 877. The molecule has 1 saturated heterocycles. The first-order chi connectivity index (χ1) is 13.8. The van der Waals surface area contributed by atoms with Gasteiger partial charge in [0.05, 0.1) is 6.04 Å². The van der Waals surface area contributed by atoms with E-state index < -0.39 is 0 Å². The van der Waals surface area contributed by atoms with Gasteiger partial charge in [0.25, 0.3) is 5.91 Å². The van der Waals surface area contributed by atoms with Crippen molar-refractivity contribution in [1.29, 1.82) is 0 Å². The highest BCUT2D eigenvalue weighted by Gasteiger charge is 2.43. The first-order valence-corrected chi connectivity index (χ1v) is 10.8. The number of benzene rings is 2. The van der Waals surface area contributed by atoms with Gasteiger partial charge in [0.1, 0.15) is 11.4 Å². The maximum Gasteiger partial charge on any atom is 0.251 e. The van der Waals surface area contributed by atoms with Crippen LogP contribution in [0.25, 0.3) is 0 Å². The van der Waals surface area contributed by atoms with E-state index in [1.807, 2.05) is 44.2 Å². The van der Waals surface area contributed by atoms with Gasteiger partial charge in [-0.3, -0.25) is 4.79 Å². The van der Waals surface area contributed by atoms with Crippen LogP contribution in [0.5, 0.6) is 5.75 Å². The third kappa shape index (κ3) is 4.18. The zero-order chi connectivity index (χ0) is 20.6. The van der Waals surface area contributed by atoms with E-state index in [-0.39, 0.29) is 17.6 Å². The summed E-state index contributed by atoms with van der Waals surface area (Å²) in [5.41, 5.74) is 3.85. The van der Waals surface area contributed by atoms with Gasteiger partial charge in [-0.2, -0.15) is 0 Å². The van der Waals surface area contributed by atoms with E-state index >= 15 is 0 Å². The number of nitrogens with zero attached hydrogens (tertiary/aromatic N) is 1. The number of nitrogens with one attached hydrogen (secondary N) is 1. The summed E-state index contributed by atoms with van der Waals surface area (Å²) in [5, 5.41) is 3.32. The predicted molar refractivity (Wildman–Crippen MR) is 116 cm³/mol. The average molecular weight is 393 g/mol. The van der Waals surface area contributed by atoms with E-state index in [1.54, 1.807) is 0 Å². The first-order valence-electron chi connectivity index (χ1n) is 10.8. The Labute approximate surface area is 174 Å². The maximum atomic E-state index is 13.1. The van der Waals surface area contributed by atoms with E-state index in [2.05, 4.69) is 36.2 Å². The van der Waals surface area contributed by atoms with E-state index in [9.17, 15) is 4.79 Å². The third-order valence-electron chi connectivity index (χ3n) is 6.43. The molecule has 1 N–H and O–H groups in total. The Morgan fingerprint density at radius 1 is 1.10 bits per heavy atom. The molecule has 154 valence electrons. The minimum atomic E-state index is -0.194. The second-order valence-electron chi connectivity index (χ2n) is 9.06. The first kappa shape index (κ1) is 20.0. The number of ether oxygens (including phenoxy) is 1. The van der Waals surface area contributed by atoms with Crippen LogP contribution < -0.4 is 10.1 Å². The largest absolute Gasteiger partial charge is 0.487 e. The fraction of sp³-hybridized carbons (Fsp3) is 0.480. The smallest absolute Gasteiger partial charge is 0.251 e. The molecule has 0 aliphatic carbocycles. The van der Waals surface area contributed by atoms with Crippen molar-refractivity contribution < 1.29 is 9.53 Å². The molecule has 4 rings (SSSR count). The molecule has 1 atom stereocenters. The quantitative estimate of drug-likeness (QED) is 0.816. The molecule has 0 aromatic heterocycles. The number of amides is 1. The molecule has 0 radical (unpaired) electrons. The number of para-hydroxylation sites is 1. The predicted octanol–water partition coefficient (Wildman–Crippen LogP) is 4.80. The number of hydrogen-bond donors (Lipinski definition) is 1. The topological polar surface area (TPSA) is 41.6 Å². The molecule has 2 aliphatic heterocycles. The highest BCUT2D eigenvalue weighted by atomic mass is 16.5. The average Bonchev–Trinajstić information content (AvgIpc) is 2.67. The fourth-order valence-electron chi connectivity index (χ4n) is 4.85. The molecule has 2 aliphatic rings.